The summed E-state index contributed by atoms with van der Waals surface area (Å²) in [7, 11) is -3.27. The van der Waals surface area contributed by atoms with E-state index < -0.39 is 33.4 Å². The molecule has 1 aliphatic heterocycles. The minimum atomic E-state index is -3.27. The first-order chi connectivity index (χ1) is 15.5. The zero-order valence-corrected chi connectivity index (χ0v) is 19.5. The van der Waals surface area contributed by atoms with Gasteiger partial charge in [-0.2, -0.15) is 0 Å². The molecule has 0 spiro atoms. The third-order valence-corrected chi connectivity index (χ3v) is 6.65. The molecular formula is C24H28F2N2O4S. The number of sulfonamides is 1. The first-order valence-corrected chi connectivity index (χ1v) is 12.6. The van der Waals surface area contributed by atoms with Crippen molar-refractivity contribution in [3.8, 4) is 11.1 Å². The maximum absolute atomic E-state index is 14.1. The van der Waals surface area contributed by atoms with E-state index in [0.717, 1.165) is 17.9 Å². The van der Waals surface area contributed by atoms with E-state index in [1.54, 1.807) is 23.1 Å². The summed E-state index contributed by atoms with van der Waals surface area (Å²) in [6.45, 7) is 6.39. The van der Waals surface area contributed by atoms with Crippen LogP contribution in [0.2, 0.25) is 0 Å². The number of nitrogens with zero attached hydrogens (tertiary/aromatic N) is 1. The third-order valence-electron chi connectivity index (χ3n) is 5.92. The van der Waals surface area contributed by atoms with Crippen LogP contribution in [0.4, 0.5) is 13.6 Å². The SMILES string of the molecule is C=CC1(CCCNS(C)(=O)=O)CCN(C(C)c2ccc(-c3ccc(F)cc3F)cc2)C(=O)O1. The topological polar surface area (TPSA) is 75.7 Å². The van der Waals surface area contributed by atoms with E-state index in [4.69, 9.17) is 4.74 Å². The molecule has 0 aliphatic carbocycles. The minimum absolute atomic E-state index is 0.257. The Morgan fingerprint density at radius 2 is 1.94 bits per heavy atom. The smallest absolute Gasteiger partial charge is 0.411 e. The molecule has 0 bridgehead atoms. The van der Waals surface area contributed by atoms with E-state index in [-0.39, 0.29) is 12.6 Å². The van der Waals surface area contributed by atoms with Crippen molar-refractivity contribution in [2.75, 3.05) is 19.3 Å². The molecule has 3 rings (SSSR count). The van der Waals surface area contributed by atoms with Crippen LogP contribution in [0.1, 0.15) is 37.8 Å². The number of benzene rings is 2. The fraction of sp³-hybridized carbons (Fsp3) is 0.375. The number of carbonyl (C=O) groups is 1. The molecule has 6 nitrogen and oxygen atoms in total. The number of amides is 1. The number of ether oxygens (including phenoxy) is 1. The average Bonchev–Trinajstić information content (AvgIpc) is 2.76. The summed E-state index contributed by atoms with van der Waals surface area (Å²) >= 11 is 0. The number of halogens is 2. The molecule has 1 N–H and O–H groups in total. The maximum Gasteiger partial charge on any atom is 0.411 e. The van der Waals surface area contributed by atoms with Gasteiger partial charge < -0.3 is 9.64 Å². The molecule has 2 aromatic rings. The molecule has 0 saturated carbocycles. The van der Waals surface area contributed by atoms with Crippen molar-refractivity contribution in [2.24, 2.45) is 0 Å². The number of cyclic esters (lactones) is 1. The lowest BCUT2D eigenvalue weighted by Crippen LogP contribution is -2.49. The largest absolute Gasteiger partial charge is 0.438 e. The van der Waals surface area contributed by atoms with Crippen LogP contribution in [-0.2, 0) is 14.8 Å². The van der Waals surface area contributed by atoms with Crippen LogP contribution in [0.3, 0.4) is 0 Å². The van der Waals surface area contributed by atoms with Gasteiger partial charge in [0.15, 0.2) is 0 Å². The van der Waals surface area contributed by atoms with Gasteiger partial charge in [-0.05, 0) is 49.1 Å². The highest BCUT2D eigenvalue weighted by Crippen LogP contribution is 2.34. The summed E-state index contributed by atoms with van der Waals surface area (Å²) in [5.74, 6) is -1.27. The van der Waals surface area contributed by atoms with E-state index in [2.05, 4.69) is 11.3 Å². The van der Waals surface area contributed by atoms with E-state index >= 15 is 0 Å². The van der Waals surface area contributed by atoms with Gasteiger partial charge in [0.05, 0.1) is 12.3 Å². The lowest BCUT2D eigenvalue weighted by atomic mass is 9.91. The molecule has 0 radical (unpaired) electrons. The second kappa shape index (κ2) is 10.0. The number of hydrogen-bond donors (Lipinski definition) is 1. The summed E-state index contributed by atoms with van der Waals surface area (Å²) < 4.78 is 57.8. The molecule has 1 aliphatic rings. The second-order valence-corrected chi connectivity index (χ2v) is 10.1. The Balaban J connectivity index is 1.64. The van der Waals surface area contributed by atoms with Crippen LogP contribution in [0.5, 0.6) is 0 Å². The summed E-state index contributed by atoms with van der Waals surface area (Å²) in [5.41, 5.74) is 0.921. The molecule has 9 heteroatoms. The molecule has 2 unspecified atom stereocenters. The molecule has 1 saturated heterocycles. The predicted molar refractivity (Wildman–Crippen MR) is 123 cm³/mol. The zero-order valence-electron chi connectivity index (χ0n) is 18.7. The van der Waals surface area contributed by atoms with Crippen LogP contribution in [0, 0.1) is 11.6 Å². The van der Waals surface area contributed by atoms with Gasteiger partial charge in [-0.15, -0.1) is 0 Å². The van der Waals surface area contributed by atoms with E-state index in [1.165, 1.54) is 12.1 Å². The summed E-state index contributed by atoms with van der Waals surface area (Å²) in [6, 6.07) is 10.3. The fourth-order valence-corrected chi connectivity index (χ4v) is 4.46. The molecule has 1 heterocycles. The number of carbonyl (C=O) groups excluding carboxylic acids is 1. The van der Waals surface area contributed by atoms with Crippen LogP contribution in [0.15, 0.2) is 55.1 Å². The summed E-state index contributed by atoms with van der Waals surface area (Å²) in [5, 5.41) is 0. The Labute approximate surface area is 193 Å². The van der Waals surface area contributed by atoms with Crippen molar-refractivity contribution in [1.82, 2.24) is 9.62 Å². The standard InChI is InChI=1S/C24H28F2N2O4S/c1-4-24(12-5-14-27-33(3,30)31)13-15-28(23(29)32-24)17(2)18-6-8-19(9-7-18)21-11-10-20(25)16-22(21)26/h4,6-11,16-17,27H,1,5,12-15H2,2-3H3. The first kappa shape index (κ1) is 24.9. The van der Waals surface area contributed by atoms with Crippen molar-refractivity contribution in [2.45, 2.75) is 37.8 Å². The predicted octanol–water partition coefficient (Wildman–Crippen LogP) is 4.79. The molecule has 1 amide bonds. The lowest BCUT2D eigenvalue weighted by Gasteiger charge is -2.42. The molecular weight excluding hydrogens is 450 g/mol. The zero-order chi connectivity index (χ0) is 24.2. The van der Waals surface area contributed by atoms with Crippen molar-refractivity contribution >= 4 is 16.1 Å². The molecule has 178 valence electrons. The summed E-state index contributed by atoms with van der Waals surface area (Å²) in [6.07, 6.45) is 3.73. The second-order valence-electron chi connectivity index (χ2n) is 8.27. The summed E-state index contributed by atoms with van der Waals surface area (Å²) in [4.78, 5) is 14.4. The highest BCUT2D eigenvalue weighted by molar-refractivity contribution is 7.88. The highest BCUT2D eigenvalue weighted by Gasteiger charge is 2.39. The number of nitrogens with one attached hydrogen (secondary N) is 1. The Morgan fingerprint density at radius 3 is 2.52 bits per heavy atom. The van der Waals surface area contributed by atoms with E-state index in [0.29, 0.717) is 36.9 Å². The van der Waals surface area contributed by atoms with Gasteiger partial charge in [0.25, 0.3) is 0 Å². The van der Waals surface area contributed by atoms with Gasteiger partial charge in [0.1, 0.15) is 17.2 Å². The van der Waals surface area contributed by atoms with Crippen molar-refractivity contribution < 1.29 is 26.7 Å². The Hall–Kier alpha value is -2.78. The first-order valence-electron chi connectivity index (χ1n) is 10.7. The van der Waals surface area contributed by atoms with Crippen molar-refractivity contribution in [3.63, 3.8) is 0 Å². The minimum Gasteiger partial charge on any atom is -0.438 e. The Morgan fingerprint density at radius 1 is 1.24 bits per heavy atom. The van der Waals surface area contributed by atoms with Gasteiger partial charge in [0, 0.05) is 31.1 Å². The average molecular weight is 479 g/mol. The maximum atomic E-state index is 14.1. The van der Waals surface area contributed by atoms with Crippen LogP contribution in [0.25, 0.3) is 11.1 Å². The number of hydrogen-bond acceptors (Lipinski definition) is 4. The van der Waals surface area contributed by atoms with Crippen LogP contribution >= 0.6 is 0 Å². The van der Waals surface area contributed by atoms with Gasteiger partial charge in [-0.3, -0.25) is 0 Å². The van der Waals surface area contributed by atoms with Crippen molar-refractivity contribution in [1.29, 1.82) is 0 Å². The molecule has 33 heavy (non-hydrogen) atoms. The monoisotopic (exact) mass is 478 g/mol. The Bertz CT molecular complexity index is 1120. The third kappa shape index (κ3) is 6.17. The normalized spacial score (nSPS) is 19.8. The molecule has 1 fully saturated rings. The lowest BCUT2D eigenvalue weighted by molar-refractivity contribution is -0.0329. The van der Waals surface area contributed by atoms with E-state index in [9.17, 15) is 22.0 Å². The van der Waals surface area contributed by atoms with E-state index in [1.807, 2.05) is 19.1 Å². The fourth-order valence-electron chi connectivity index (χ4n) is 3.95. The molecule has 2 atom stereocenters. The van der Waals surface area contributed by atoms with Crippen LogP contribution < -0.4 is 4.72 Å². The molecule has 2 aromatic carbocycles. The highest BCUT2D eigenvalue weighted by atomic mass is 32.2. The van der Waals surface area contributed by atoms with Gasteiger partial charge in [-0.1, -0.05) is 30.8 Å². The molecule has 0 aromatic heterocycles. The Kier molecular flexibility index (Phi) is 7.54. The van der Waals surface area contributed by atoms with Crippen molar-refractivity contribution in [3.05, 3.63) is 72.3 Å². The van der Waals surface area contributed by atoms with Gasteiger partial charge in [-0.25, -0.2) is 26.7 Å². The quantitative estimate of drug-likeness (QED) is 0.415. The number of rotatable bonds is 9. The van der Waals surface area contributed by atoms with Crippen LogP contribution in [-0.4, -0.2) is 44.4 Å². The van der Waals surface area contributed by atoms with Gasteiger partial charge >= 0.3 is 6.09 Å². The van der Waals surface area contributed by atoms with Gasteiger partial charge in [0.2, 0.25) is 10.0 Å².